The number of likely N-dealkylation sites (tertiary alicyclic amines) is 1. The fourth-order valence-corrected chi connectivity index (χ4v) is 4.52. The molecule has 2 atom stereocenters. The predicted octanol–water partition coefficient (Wildman–Crippen LogP) is 1.98. The van der Waals surface area contributed by atoms with E-state index in [-0.39, 0.29) is 47.3 Å². The van der Waals surface area contributed by atoms with Crippen LogP contribution in [-0.4, -0.2) is 53.9 Å². The second kappa shape index (κ2) is 9.62. The average Bonchev–Trinajstić information content (AvgIpc) is 3.27. The Morgan fingerprint density at radius 2 is 2.00 bits per heavy atom. The molecule has 2 unspecified atom stereocenters. The number of nitrogens with zero attached hydrogens (tertiary/aromatic N) is 1. The Morgan fingerprint density at radius 1 is 1.20 bits per heavy atom. The molecule has 2 aliphatic rings. The molecule has 30 heavy (non-hydrogen) atoms. The highest BCUT2D eigenvalue weighted by atomic mass is 35.5. The zero-order chi connectivity index (χ0) is 20.4. The predicted molar refractivity (Wildman–Crippen MR) is 119 cm³/mol. The van der Waals surface area contributed by atoms with Crippen LogP contribution in [0, 0.1) is 12.8 Å². The summed E-state index contributed by atoms with van der Waals surface area (Å²) in [7, 11) is 0. The molecule has 2 fully saturated rings. The van der Waals surface area contributed by atoms with Crippen molar-refractivity contribution in [3.8, 4) is 0 Å². The molecule has 0 saturated carbocycles. The van der Waals surface area contributed by atoms with Crippen molar-refractivity contribution in [1.29, 1.82) is 0 Å². The maximum atomic E-state index is 13.2. The van der Waals surface area contributed by atoms with Crippen LogP contribution in [0.2, 0.25) is 0 Å². The van der Waals surface area contributed by atoms with Gasteiger partial charge >= 0.3 is 0 Å². The van der Waals surface area contributed by atoms with Gasteiger partial charge in [0.1, 0.15) is 5.56 Å². The first-order valence-electron chi connectivity index (χ1n) is 10.5. The number of rotatable bonds is 4. The summed E-state index contributed by atoms with van der Waals surface area (Å²) in [6, 6.07) is 7.44. The van der Waals surface area contributed by atoms with Crippen LogP contribution >= 0.6 is 12.4 Å². The molecule has 2 saturated heterocycles. The van der Waals surface area contributed by atoms with E-state index in [1.54, 1.807) is 4.90 Å². The fraction of sp³-hybridized carbons (Fsp3) is 0.500. The van der Waals surface area contributed by atoms with Crippen LogP contribution in [0.4, 0.5) is 0 Å². The maximum Gasteiger partial charge on any atom is 0.261 e. The van der Waals surface area contributed by atoms with E-state index in [0.29, 0.717) is 19.6 Å². The number of piperidine rings is 1. The van der Waals surface area contributed by atoms with E-state index in [9.17, 15) is 14.4 Å². The summed E-state index contributed by atoms with van der Waals surface area (Å²) in [6.45, 7) is 4.49. The van der Waals surface area contributed by atoms with E-state index in [0.717, 1.165) is 48.7 Å². The second-order valence-electron chi connectivity index (χ2n) is 8.15. The van der Waals surface area contributed by atoms with Crippen LogP contribution in [-0.2, 0) is 4.79 Å². The molecular weight excluding hydrogens is 404 g/mol. The molecule has 8 heteroatoms. The van der Waals surface area contributed by atoms with Crippen molar-refractivity contribution in [2.24, 2.45) is 5.92 Å². The van der Waals surface area contributed by atoms with Gasteiger partial charge in [0.2, 0.25) is 5.91 Å². The molecular formula is C22H29ClN4O3. The van der Waals surface area contributed by atoms with Gasteiger partial charge in [-0.15, -0.1) is 12.4 Å². The summed E-state index contributed by atoms with van der Waals surface area (Å²) < 4.78 is 0. The highest BCUT2D eigenvalue weighted by Crippen LogP contribution is 2.21. The number of H-pyrrole nitrogens is 1. The number of pyridine rings is 1. The number of aromatic amines is 1. The minimum absolute atomic E-state index is 0. The summed E-state index contributed by atoms with van der Waals surface area (Å²) in [5.41, 5.74) is 1.35. The maximum absolute atomic E-state index is 13.2. The number of hydrogen-bond donors (Lipinski definition) is 3. The Morgan fingerprint density at radius 3 is 2.77 bits per heavy atom. The third-order valence-electron chi connectivity index (χ3n) is 6.14. The lowest BCUT2D eigenvalue weighted by Gasteiger charge is -2.33. The van der Waals surface area contributed by atoms with Crippen LogP contribution in [0.1, 0.15) is 41.6 Å². The van der Waals surface area contributed by atoms with Gasteiger partial charge in [0.15, 0.2) is 0 Å². The van der Waals surface area contributed by atoms with Gasteiger partial charge in [0.25, 0.3) is 11.5 Å². The number of carbonyl (C=O) groups is 2. The lowest BCUT2D eigenvalue weighted by molar-refractivity contribution is -0.123. The lowest BCUT2D eigenvalue weighted by atomic mass is 9.96. The standard InChI is InChI=1S/C22H28N4O3.ClH/c1-14-16-7-2-3-8-17(16)25-21(28)19(14)22(29)26-11-5-6-15(13-26)12-24-20(27)18-9-4-10-23-18;/h2-3,7-8,15,18,23H,4-6,9-13H2,1H3,(H,24,27)(H,25,28);1H. The first kappa shape index (κ1) is 22.3. The number of hydrogen-bond acceptors (Lipinski definition) is 4. The van der Waals surface area contributed by atoms with Gasteiger partial charge in [0.05, 0.1) is 6.04 Å². The Bertz CT molecular complexity index is 984. The lowest BCUT2D eigenvalue weighted by Crippen LogP contribution is -2.47. The molecule has 3 N–H and O–H groups in total. The summed E-state index contributed by atoms with van der Waals surface area (Å²) in [4.78, 5) is 42.6. The Kier molecular flexibility index (Phi) is 7.15. The molecule has 0 spiro atoms. The molecule has 1 aromatic heterocycles. The smallest absolute Gasteiger partial charge is 0.261 e. The van der Waals surface area contributed by atoms with Crippen LogP contribution in [0.15, 0.2) is 29.1 Å². The average molecular weight is 433 g/mol. The minimum atomic E-state index is -0.339. The number of aryl methyl sites for hydroxylation is 1. The number of fused-ring (bicyclic) bond motifs is 1. The van der Waals surface area contributed by atoms with Crippen molar-refractivity contribution >= 4 is 35.1 Å². The van der Waals surface area contributed by atoms with Crippen molar-refractivity contribution in [2.75, 3.05) is 26.2 Å². The highest BCUT2D eigenvalue weighted by Gasteiger charge is 2.29. The van der Waals surface area contributed by atoms with Crippen molar-refractivity contribution < 1.29 is 9.59 Å². The van der Waals surface area contributed by atoms with Crippen LogP contribution in [0.25, 0.3) is 10.9 Å². The van der Waals surface area contributed by atoms with Gasteiger partial charge in [-0.25, -0.2) is 0 Å². The van der Waals surface area contributed by atoms with Crippen molar-refractivity contribution in [3.63, 3.8) is 0 Å². The molecule has 162 valence electrons. The molecule has 1 aromatic carbocycles. The monoisotopic (exact) mass is 432 g/mol. The third-order valence-corrected chi connectivity index (χ3v) is 6.14. The molecule has 0 aliphatic carbocycles. The van der Waals surface area contributed by atoms with Gasteiger partial charge in [0, 0.05) is 30.5 Å². The summed E-state index contributed by atoms with van der Waals surface area (Å²) in [5, 5.41) is 7.13. The topological polar surface area (TPSA) is 94.3 Å². The van der Waals surface area contributed by atoms with E-state index in [2.05, 4.69) is 15.6 Å². The Balaban J connectivity index is 0.00000256. The van der Waals surface area contributed by atoms with E-state index >= 15 is 0 Å². The van der Waals surface area contributed by atoms with E-state index in [1.807, 2.05) is 31.2 Å². The molecule has 2 aromatic rings. The second-order valence-corrected chi connectivity index (χ2v) is 8.15. The number of amides is 2. The Labute approximate surface area is 182 Å². The van der Waals surface area contributed by atoms with E-state index < -0.39 is 0 Å². The summed E-state index contributed by atoms with van der Waals surface area (Å²) >= 11 is 0. The number of halogens is 1. The van der Waals surface area contributed by atoms with Crippen molar-refractivity contribution in [3.05, 3.63) is 45.7 Å². The number of aromatic nitrogens is 1. The van der Waals surface area contributed by atoms with Gasteiger partial charge in [-0.05, 0) is 56.7 Å². The van der Waals surface area contributed by atoms with Gasteiger partial charge < -0.3 is 20.5 Å². The van der Waals surface area contributed by atoms with Crippen molar-refractivity contribution in [2.45, 2.75) is 38.6 Å². The highest BCUT2D eigenvalue weighted by molar-refractivity contribution is 5.99. The van der Waals surface area contributed by atoms with E-state index in [4.69, 9.17) is 0 Å². The molecule has 3 heterocycles. The number of para-hydroxylation sites is 1. The largest absolute Gasteiger partial charge is 0.354 e. The number of nitrogens with one attached hydrogen (secondary N) is 3. The van der Waals surface area contributed by atoms with Gasteiger partial charge in [-0.2, -0.15) is 0 Å². The van der Waals surface area contributed by atoms with Crippen LogP contribution in [0.5, 0.6) is 0 Å². The van der Waals surface area contributed by atoms with Crippen molar-refractivity contribution in [1.82, 2.24) is 20.5 Å². The van der Waals surface area contributed by atoms with Gasteiger partial charge in [-0.1, -0.05) is 18.2 Å². The SMILES string of the molecule is Cc1c(C(=O)N2CCCC(CNC(=O)C3CCCN3)C2)c(=O)[nH]c2ccccc12.Cl. The molecule has 2 aliphatic heterocycles. The van der Waals surface area contributed by atoms with Crippen LogP contribution < -0.4 is 16.2 Å². The first-order valence-corrected chi connectivity index (χ1v) is 10.5. The minimum Gasteiger partial charge on any atom is -0.354 e. The molecule has 0 radical (unpaired) electrons. The number of carbonyl (C=O) groups excluding carboxylic acids is 2. The first-order chi connectivity index (χ1) is 14.0. The molecule has 4 rings (SSSR count). The van der Waals surface area contributed by atoms with E-state index in [1.165, 1.54) is 0 Å². The molecule has 7 nitrogen and oxygen atoms in total. The zero-order valence-electron chi connectivity index (χ0n) is 17.2. The quantitative estimate of drug-likeness (QED) is 0.688. The molecule has 0 bridgehead atoms. The fourth-order valence-electron chi connectivity index (χ4n) is 4.52. The Hall–Kier alpha value is -2.38. The normalized spacial score (nSPS) is 21.3. The third kappa shape index (κ3) is 4.52. The van der Waals surface area contributed by atoms with Crippen LogP contribution in [0.3, 0.4) is 0 Å². The molecule has 2 amide bonds. The summed E-state index contributed by atoms with van der Waals surface area (Å²) in [5.74, 6) is 0.0358. The zero-order valence-corrected chi connectivity index (χ0v) is 18.0. The number of benzene rings is 1. The van der Waals surface area contributed by atoms with Gasteiger partial charge in [-0.3, -0.25) is 14.4 Å². The summed E-state index contributed by atoms with van der Waals surface area (Å²) in [6.07, 6.45) is 3.75.